The summed E-state index contributed by atoms with van der Waals surface area (Å²) in [6.07, 6.45) is 2.47. The van der Waals surface area contributed by atoms with Crippen molar-refractivity contribution in [3.05, 3.63) is 126 Å². The smallest absolute Gasteiger partial charge is 0.313 e. The number of hydrogen-bond donors (Lipinski definition) is 2. The fourth-order valence-corrected chi connectivity index (χ4v) is 9.36. The molecule has 2 N–H and O–H groups in total. The zero-order valence-electron chi connectivity index (χ0n) is 29.4. The Labute approximate surface area is 322 Å². The lowest BCUT2D eigenvalue weighted by Gasteiger charge is -2.39. The van der Waals surface area contributed by atoms with Gasteiger partial charge < -0.3 is 29.7 Å². The molecule has 3 aromatic carbocycles. The lowest BCUT2D eigenvalue weighted by Crippen LogP contribution is -2.57. The van der Waals surface area contributed by atoms with Crippen LogP contribution < -0.4 is 10.2 Å². The van der Waals surface area contributed by atoms with Crippen molar-refractivity contribution < 1.29 is 33.8 Å². The quantitative estimate of drug-likeness (QED) is 0.108. The molecule has 12 heteroatoms. The van der Waals surface area contributed by atoms with Gasteiger partial charge in [-0.05, 0) is 43.0 Å². The number of carbonyl (C=O) groups is 4. The normalized spacial score (nSPS) is 25.9. The number of carbonyl (C=O) groups excluding carboxylic acids is 4. The second kappa shape index (κ2) is 16.4. The molecule has 9 atom stereocenters. The van der Waals surface area contributed by atoms with Crippen LogP contribution in [-0.2, 0) is 28.7 Å². The number of nitrogens with zero attached hydrogens (tertiary/aromatic N) is 2. The number of benzene rings is 3. The summed E-state index contributed by atoms with van der Waals surface area (Å²) >= 11 is 10.4. The van der Waals surface area contributed by atoms with Crippen LogP contribution in [0.15, 0.2) is 110 Å². The van der Waals surface area contributed by atoms with Gasteiger partial charge in [0.15, 0.2) is 0 Å². The summed E-state index contributed by atoms with van der Waals surface area (Å²) in [7, 11) is 0. The summed E-state index contributed by atoms with van der Waals surface area (Å²) in [6, 6.07) is 22.1. The van der Waals surface area contributed by atoms with Gasteiger partial charge in [-0.25, -0.2) is 0 Å². The fraction of sp³-hybridized carbons (Fsp3) is 0.366. The minimum absolute atomic E-state index is 0.0682. The predicted octanol–water partition coefficient (Wildman–Crippen LogP) is 6.10. The number of fused-ring (bicyclic) bond motifs is 1. The third kappa shape index (κ3) is 7.19. The van der Waals surface area contributed by atoms with Crippen molar-refractivity contribution in [1.82, 2.24) is 10.2 Å². The van der Waals surface area contributed by atoms with E-state index in [0.29, 0.717) is 28.3 Å². The Kier molecular flexibility index (Phi) is 11.9. The number of ether oxygens (including phenoxy) is 2. The van der Waals surface area contributed by atoms with E-state index >= 15 is 9.59 Å². The van der Waals surface area contributed by atoms with Crippen LogP contribution in [-0.4, -0.2) is 75.5 Å². The number of anilines is 1. The first-order valence-corrected chi connectivity index (χ1v) is 19.0. The van der Waals surface area contributed by atoms with Gasteiger partial charge in [-0.15, -0.1) is 13.2 Å². The first-order valence-electron chi connectivity index (χ1n) is 17.7. The number of allylic oxidation sites excluding steroid dienone is 1. The highest BCUT2D eigenvalue weighted by Crippen LogP contribution is 2.62. The lowest BCUT2D eigenvalue weighted by molar-refractivity contribution is -0.162. The van der Waals surface area contributed by atoms with E-state index in [1.165, 1.54) is 9.80 Å². The summed E-state index contributed by atoms with van der Waals surface area (Å²) in [6.45, 7) is 8.88. The van der Waals surface area contributed by atoms with Crippen molar-refractivity contribution in [1.29, 1.82) is 0 Å². The summed E-state index contributed by atoms with van der Waals surface area (Å²) in [5.41, 5.74) is 0.218. The largest absolute Gasteiger partial charge is 0.455 e. The second-order valence-electron chi connectivity index (χ2n) is 13.7. The number of esters is 1. The average molecular weight is 805 g/mol. The van der Waals surface area contributed by atoms with Gasteiger partial charge in [0, 0.05) is 17.8 Å². The number of likely N-dealkylation sites (tertiary alicyclic amines) is 1. The molecule has 0 radical (unpaired) electrons. The van der Waals surface area contributed by atoms with E-state index in [9.17, 15) is 14.7 Å². The van der Waals surface area contributed by atoms with Crippen LogP contribution in [0.5, 0.6) is 0 Å². The lowest BCUT2D eigenvalue weighted by atomic mass is 9.70. The Bertz CT molecular complexity index is 1850. The Morgan fingerprint density at radius 1 is 1.06 bits per heavy atom. The number of nitrogens with one attached hydrogen (secondary N) is 1. The molecule has 2 bridgehead atoms. The molecule has 3 aliphatic heterocycles. The van der Waals surface area contributed by atoms with E-state index in [-0.39, 0.29) is 25.3 Å². The molecule has 0 aromatic heterocycles. The van der Waals surface area contributed by atoms with Gasteiger partial charge in [0.2, 0.25) is 11.8 Å². The van der Waals surface area contributed by atoms with Crippen molar-refractivity contribution in [2.24, 2.45) is 11.8 Å². The number of alkyl halides is 1. The molecule has 3 aromatic rings. The number of aliphatic hydroxyl groups is 1. The van der Waals surface area contributed by atoms with Gasteiger partial charge in [-0.3, -0.25) is 19.2 Å². The van der Waals surface area contributed by atoms with Gasteiger partial charge >= 0.3 is 5.97 Å². The molecular weight excluding hydrogens is 762 g/mol. The van der Waals surface area contributed by atoms with Crippen molar-refractivity contribution >= 4 is 56.9 Å². The highest BCUT2D eigenvalue weighted by molar-refractivity contribution is 9.09. The maximum Gasteiger partial charge on any atom is 0.313 e. The number of rotatable bonds is 15. The van der Waals surface area contributed by atoms with Crippen LogP contribution in [0.4, 0.5) is 5.69 Å². The van der Waals surface area contributed by atoms with Crippen LogP contribution >= 0.6 is 27.5 Å². The van der Waals surface area contributed by atoms with E-state index in [2.05, 4.69) is 34.4 Å². The molecule has 3 aliphatic rings. The van der Waals surface area contributed by atoms with Crippen molar-refractivity contribution in [2.45, 2.75) is 66.9 Å². The second-order valence-corrected chi connectivity index (χ2v) is 15.2. The van der Waals surface area contributed by atoms with Crippen LogP contribution in [0.1, 0.15) is 49.5 Å². The van der Waals surface area contributed by atoms with Gasteiger partial charge in [0.25, 0.3) is 5.91 Å². The average Bonchev–Trinajstić information content (AvgIpc) is 3.76. The minimum atomic E-state index is -1.47. The molecule has 1 spiro atoms. The predicted molar refractivity (Wildman–Crippen MR) is 205 cm³/mol. The van der Waals surface area contributed by atoms with E-state index in [1.54, 1.807) is 67.6 Å². The topological polar surface area (TPSA) is 125 Å². The van der Waals surface area contributed by atoms with E-state index in [0.717, 1.165) is 0 Å². The Balaban J connectivity index is 1.42. The molecule has 3 heterocycles. The zero-order valence-corrected chi connectivity index (χ0v) is 31.7. The molecular formula is C41H43BrClN3O7. The maximum atomic E-state index is 15.1. The van der Waals surface area contributed by atoms with Crippen LogP contribution in [0.3, 0.4) is 0 Å². The SMILES string of the molecule is C=CCCC(=O)N[C@@H](C)[C@H](OC(=O)[C@@H]1[C@H]2O[C@@]3(CC2Br)[C@H](C(=O)N(CC=C)c2ccccc2Cl)N([C@H](CO)c2ccccc2)C(=O)[C@@H]13)c1ccccc1. The molecule has 278 valence electrons. The summed E-state index contributed by atoms with van der Waals surface area (Å²) in [4.78, 5) is 60.0. The maximum absolute atomic E-state index is 15.1. The Hall–Kier alpha value is -4.29. The van der Waals surface area contributed by atoms with Crippen molar-refractivity contribution in [2.75, 3.05) is 18.1 Å². The molecule has 1 unspecified atom stereocenters. The van der Waals surface area contributed by atoms with Gasteiger partial charge in [-0.1, -0.05) is 112 Å². The number of para-hydroxylation sites is 1. The fourth-order valence-electron chi connectivity index (χ4n) is 8.18. The molecule has 10 nitrogen and oxygen atoms in total. The van der Waals surface area contributed by atoms with Gasteiger partial charge in [0.1, 0.15) is 17.7 Å². The molecule has 53 heavy (non-hydrogen) atoms. The molecule has 3 fully saturated rings. The van der Waals surface area contributed by atoms with Gasteiger partial charge in [-0.2, -0.15) is 0 Å². The van der Waals surface area contributed by atoms with Crippen molar-refractivity contribution in [3.8, 4) is 0 Å². The van der Waals surface area contributed by atoms with E-state index in [1.807, 2.05) is 36.4 Å². The third-order valence-corrected chi connectivity index (χ3v) is 11.6. The van der Waals surface area contributed by atoms with Crippen LogP contribution in [0.2, 0.25) is 5.02 Å². The summed E-state index contributed by atoms with van der Waals surface area (Å²) in [5.74, 6) is -4.14. The van der Waals surface area contributed by atoms with E-state index < -0.39 is 77.0 Å². The summed E-state index contributed by atoms with van der Waals surface area (Å²) in [5, 5.41) is 14.2. The first kappa shape index (κ1) is 38.4. The minimum Gasteiger partial charge on any atom is -0.455 e. The van der Waals surface area contributed by atoms with Gasteiger partial charge in [0.05, 0.1) is 47.3 Å². The molecule has 0 saturated carbocycles. The third-order valence-electron chi connectivity index (χ3n) is 10.4. The number of hydrogen-bond acceptors (Lipinski definition) is 7. The first-order chi connectivity index (χ1) is 25.6. The molecule has 3 amide bonds. The number of halogens is 2. The molecule has 6 rings (SSSR count). The van der Waals surface area contributed by atoms with Crippen LogP contribution in [0, 0.1) is 11.8 Å². The monoisotopic (exact) mass is 803 g/mol. The Morgan fingerprint density at radius 2 is 1.70 bits per heavy atom. The van der Waals surface area contributed by atoms with E-state index in [4.69, 9.17) is 21.1 Å². The van der Waals surface area contributed by atoms with Crippen molar-refractivity contribution in [3.63, 3.8) is 0 Å². The van der Waals surface area contributed by atoms with Crippen LogP contribution in [0.25, 0.3) is 0 Å². The highest BCUT2D eigenvalue weighted by atomic mass is 79.9. The number of aliphatic hydroxyl groups excluding tert-OH is 1. The molecule has 3 saturated heterocycles. The highest BCUT2D eigenvalue weighted by Gasteiger charge is 2.78. The standard InChI is InChI=1S/C41H43BrClN3O7/c1-4-6-21-32(48)44-25(3)35(27-17-11-8-12-18-27)52-40(51)33-34-38(49)46(31(24-47)26-15-9-7-10-16-26)37(41(34)23-28(42)36(33)53-41)39(50)45(22-5-2)30-20-14-13-19-29(30)43/h4-5,7-20,25,28,31,33-37,47H,1-2,6,21-24H2,3H3,(H,44,48)/t25-,28?,31+,33-,34+,35-,36-,37-,41+/m0/s1. The zero-order chi connectivity index (χ0) is 37.9. The molecule has 0 aliphatic carbocycles. The Morgan fingerprint density at radius 3 is 2.32 bits per heavy atom. The number of amides is 3. The summed E-state index contributed by atoms with van der Waals surface area (Å²) < 4.78 is 13.1.